The fourth-order valence-electron chi connectivity index (χ4n) is 2.94. The van der Waals surface area contributed by atoms with E-state index in [2.05, 4.69) is 26.0 Å². The van der Waals surface area contributed by atoms with Gasteiger partial charge in [-0.05, 0) is 25.7 Å². The van der Waals surface area contributed by atoms with Gasteiger partial charge in [-0.3, -0.25) is 4.79 Å². The highest BCUT2D eigenvalue weighted by Crippen LogP contribution is 2.49. The van der Waals surface area contributed by atoms with Gasteiger partial charge < -0.3 is 4.74 Å². The van der Waals surface area contributed by atoms with E-state index in [1.54, 1.807) is 0 Å². The van der Waals surface area contributed by atoms with Crippen LogP contribution in [0.1, 0.15) is 52.4 Å². The van der Waals surface area contributed by atoms with E-state index in [4.69, 9.17) is 4.74 Å². The molecule has 1 aliphatic carbocycles. The van der Waals surface area contributed by atoms with Crippen LogP contribution in [0.15, 0.2) is 12.2 Å². The first kappa shape index (κ1) is 10.7. The van der Waals surface area contributed by atoms with Crippen LogP contribution in [0, 0.1) is 5.41 Å². The Morgan fingerprint density at radius 1 is 1.33 bits per heavy atom. The number of ether oxygens (including phenoxy) is 1. The number of rotatable bonds is 2. The van der Waals surface area contributed by atoms with Crippen molar-refractivity contribution in [3.05, 3.63) is 12.2 Å². The molecule has 84 valence electrons. The van der Waals surface area contributed by atoms with Crippen molar-refractivity contribution in [3.8, 4) is 0 Å². The van der Waals surface area contributed by atoms with Gasteiger partial charge in [0.25, 0.3) is 0 Å². The molecule has 2 aliphatic rings. The minimum absolute atomic E-state index is 0.0443. The number of hydrogen-bond donors (Lipinski definition) is 0. The van der Waals surface area contributed by atoms with E-state index in [1.165, 1.54) is 0 Å². The first-order chi connectivity index (χ1) is 7.16. The molecule has 0 saturated carbocycles. The molecule has 0 bridgehead atoms. The molecule has 2 nitrogen and oxygen atoms in total. The zero-order valence-electron chi connectivity index (χ0n) is 9.71. The summed E-state index contributed by atoms with van der Waals surface area (Å²) in [6.07, 6.45) is 10.1. The highest BCUT2D eigenvalue weighted by Gasteiger charge is 2.54. The maximum atomic E-state index is 12.0. The maximum absolute atomic E-state index is 12.0. The summed E-state index contributed by atoms with van der Waals surface area (Å²) in [6, 6.07) is 0. The Hall–Kier alpha value is -0.790. The summed E-state index contributed by atoms with van der Waals surface area (Å²) < 4.78 is 5.70. The van der Waals surface area contributed by atoms with Crippen LogP contribution in [0.2, 0.25) is 0 Å². The summed E-state index contributed by atoms with van der Waals surface area (Å²) in [5, 5.41) is 0. The predicted molar refractivity (Wildman–Crippen MR) is 59.4 cm³/mol. The van der Waals surface area contributed by atoms with E-state index in [0.29, 0.717) is 0 Å². The third kappa shape index (κ3) is 1.60. The van der Waals surface area contributed by atoms with Gasteiger partial charge in [0, 0.05) is 12.8 Å². The summed E-state index contributed by atoms with van der Waals surface area (Å²) in [7, 11) is 0. The van der Waals surface area contributed by atoms with Gasteiger partial charge >= 0.3 is 5.97 Å². The van der Waals surface area contributed by atoms with E-state index >= 15 is 0 Å². The lowest BCUT2D eigenvalue weighted by atomic mass is 9.73. The van der Waals surface area contributed by atoms with Gasteiger partial charge in [-0.25, -0.2) is 0 Å². The van der Waals surface area contributed by atoms with E-state index in [-0.39, 0.29) is 17.0 Å². The number of carbonyl (C=O) groups excluding carboxylic acids is 1. The van der Waals surface area contributed by atoms with Crippen molar-refractivity contribution in [1.82, 2.24) is 0 Å². The van der Waals surface area contributed by atoms with Crippen LogP contribution in [0.25, 0.3) is 0 Å². The second-order valence-corrected chi connectivity index (χ2v) is 4.95. The molecule has 0 aromatic rings. The smallest absolute Gasteiger partial charge is 0.312 e. The van der Waals surface area contributed by atoms with Crippen molar-refractivity contribution in [1.29, 1.82) is 0 Å². The minimum atomic E-state index is -0.189. The van der Waals surface area contributed by atoms with E-state index in [1.807, 2.05) is 0 Å². The Morgan fingerprint density at radius 3 is 2.53 bits per heavy atom. The van der Waals surface area contributed by atoms with Crippen molar-refractivity contribution in [2.75, 3.05) is 0 Å². The summed E-state index contributed by atoms with van der Waals surface area (Å²) in [5.41, 5.74) is -0.344. The van der Waals surface area contributed by atoms with E-state index < -0.39 is 0 Å². The Balaban J connectivity index is 2.21. The van der Waals surface area contributed by atoms with Crippen molar-refractivity contribution >= 4 is 5.97 Å². The van der Waals surface area contributed by atoms with Crippen molar-refractivity contribution in [2.24, 2.45) is 5.41 Å². The number of allylic oxidation sites excluding steroid dienone is 1. The maximum Gasteiger partial charge on any atom is 0.312 e. The molecular weight excluding hydrogens is 188 g/mol. The zero-order valence-corrected chi connectivity index (χ0v) is 9.71. The van der Waals surface area contributed by atoms with Gasteiger partial charge in [0.15, 0.2) is 0 Å². The molecular formula is C13H20O2. The number of hydrogen-bond acceptors (Lipinski definition) is 2. The molecule has 0 N–H and O–H groups in total. The largest absolute Gasteiger partial charge is 0.458 e. The van der Waals surface area contributed by atoms with Gasteiger partial charge in [-0.2, -0.15) is 0 Å². The topological polar surface area (TPSA) is 26.3 Å². The van der Waals surface area contributed by atoms with Crippen molar-refractivity contribution in [3.63, 3.8) is 0 Å². The average Bonchev–Trinajstić information content (AvgIpc) is 2.53. The molecule has 1 fully saturated rings. The first-order valence-corrected chi connectivity index (χ1v) is 6.05. The third-order valence-electron chi connectivity index (χ3n) is 4.18. The van der Waals surface area contributed by atoms with Crippen LogP contribution < -0.4 is 0 Å². The Kier molecular flexibility index (Phi) is 2.61. The van der Waals surface area contributed by atoms with Crippen molar-refractivity contribution in [2.45, 2.75) is 58.0 Å². The molecule has 0 amide bonds. The average molecular weight is 208 g/mol. The Labute approximate surface area is 91.7 Å². The molecule has 2 heteroatoms. The van der Waals surface area contributed by atoms with Gasteiger partial charge in [0.1, 0.15) is 5.60 Å². The molecule has 15 heavy (non-hydrogen) atoms. The van der Waals surface area contributed by atoms with Gasteiger partial charge in [0.2, 0.25) is 0 Å². The van der Waals surface area contributed by atoms with Gasteiger partial charge in [0.05, 0.1) is 5.41 Å². The molecule has 0 aromatic carbocycles. The molecule has 1 heterocycles. The number of carbonyl (C=O) groups is 1. The van der Waals surface area contributed by atoms with Gasteiger partial charge in [-0.1, -0.05) is 26.0 Å². The fourth-order valence-corrected chi connectivity index (χ4v) is 2.94. The zero-order chi connectivity index (χ0) is 10.9. The highest BCUT2D eigenvalue weighted by atomic mass is 16.6. The molecule has 1 spiro atoms. The molecule has 0 radical (unpaired) electrons. The molecule has 2 rings (SSSR count). The lowest BCUT2D eigenvalue weighted by Gasteiger charge is -2.29. The first-order valence-electron chi connectivity index (χ1n) is 6.05. The SMILES string of the molecule is CCC1(CC)CC2(CC=CCC2)OC1=O. The minimum Gasteiger partial charge on any atom is -0.458 e. The van der Waals surface area contributed by atoms with Gasteiger partial charge in [-0.15, -0.1) is 0 Å². The van der Waals surface area contributed by atoms with Crippen molar-refractivity contribution < 1.29 is 9.53 Å². The van der Waals surface area contributed by atoms with Crippen LogP contribution in [-0.4, -0.2) is 11.6 Å². The molecule has 1 unspecified atom stereocenters. The highest BCUT2D eigenvalue weighted by molar-refractivity contribution is 5.79. The Bertz CT molecular complexity index is 289. The van der Waals surface area contributed by atoms with E-state index in [9.17, 15) is 4.79 Å². The quantitative estimate of drug-likeness (QED) is 0.514. The third-order valence-corrected chi connectivity index (χ3v) is 4.18. The van der Waals surface area contributed by atoms with Crippen LogP contribution in [0.4, 0.5) is 0 Å². The Morgan fingerprint density at radius 2 is 2.07 bits per heavy atom. The summed E-state index contributed by atoms with van der Waals surface area (Å²) in [5.74, 6) is 0.0443. The van der Waals surface area contributed by atoms with Crippen LogP contribution in [0.3, 0.4) is 0 Å². The lowest BCUT2D eigenvalue weighted by Crippen LogP contribution is -2.30. The van der Waals surface area contributed by atoms with Crippen LogP contribution >= 0.6 is 0 Å². The van der Waals surface area contributed by atoms with Crippen LogP contribution in [0.5, 0.6) is 0 Å². The predicted octanol–water partition coefficient (Wildman–Crippen LogP) is 3.22. The van der Waals surface area contributed by atoms with Crippen LogP contribution in [-0.2, 0) is 9.53 Å². The standard InChI is InChI=1S/C13H20O2/c1-3-12(4-2)10-13(15-11(12)14)8-6-5-7-9-13/h5-6H,3-4,7-10H2,1-2H3. The fraction of sp³-hybridized carbons (Fsp3) is 0.769. The normalized spacial score (nSPS) is 33.3. The summed E-state index contributed by atoms with van der Waals surface area (Å²) in [4.78, 5) is 12.0. The lowest BCUT2D eigenvalue weighted by molar-refractivity contribution is -0.154. The number of esters is 1. The summed E-state index contributed by atoms with van der Waals surface area (Å²) in [6.45, 7) is 4.20. The molecule has 1 atom stereocenters. The molecule has 1 saturated heterocycles. The van der Waals surface area contributed by atoms with E-state index in [0.717, 1.165) is 38.5 Å². The second kappa shape index (κ2) is 3.66. The second-order valence-electron chi connectivity index (χ2n) is 4.95. The molecule has 1 aliphatic heterocycles. The summed E-state index contributed by atoms with van der Waals surface area (Å²) >= 11 is 0. The molecule has 0 aromatic heterocycles. The monoisotopic (exact) mass is 208 g/mol.